The van der Waals surface area contributed by atoms with Crippen molar-refractivity contribution >= 4 is 17.9 Å². The summed E-state index contributed by atoms with van der Waals surface area (Å²) in [6.07, 6.45) is 13.3. The van der Waals surface area contributed by atoms with Gasteiger partial charge in [0.05, 0.1) is 16.2 Å². The Labute approximate surface area is 262 Å². The van der Waals surface area contributed by atoms with E-state index in [2.05, 4.69) is 20.8 Å². The Morgan fingerprint density at radius 1 is 0.432 bits per heavy atom. The third-order valence-electron chi connectivity index (χ3n) is 8.45. The smallest absolute Gasteiger partial charge is 0.309 e. The molecule has 219 valence electrons. The van der Waals surface area contributed by atoms with Crippen LogP contribution in [0.25, 0.3) is 0 Å². The van der Waals surface area contributed by atoms with Gasteiger partial charge in [0, 0.05) is 41.3 Å². The number of aliphatic carboxylic acids is 3. The Balaban J connectivity index is -0.000000218. The molecule has 0 saturated heterocycles. The van der Waals surface area contributed by atoms with Crippen LogP contribution in [0.1, 0.15) is 159 Å². The summed E-state index contributed by atoms with van der Waals surface area (Å²) in [5, 5.41) is 27.2. The zero-order valence-electron chi connectivity index (χ0n) is 25.8. The van der Waals surface area contributed by atoms with E-state index < -0.39 is 34.2 Å². The summed E-state index contributed by atoms with van der Waals surface area (Å²) in [5.74, 6) is -1.87. The van der Waals surface area contributed by atoms with Crippen molar-refractivity contribution in [2.45, 2.75) is 159 Å². The van der Waals surface area contributed by atoms with Crippen LogP contribution in [0.15, 0.2) is 0 Å². The summed E-state index contributed by atoms with van der Waals surface area (Å²) < 4.78 is 0. The maximum atomic E-state index is 11.0. The fraction of sp³-hybridized carbons (Fsp3) is 0.900. The molecule has 0 saturated carbocycles. The van der Waals surface area contributed by atoms with Crippen LogP contribution in [-0.2, 0) is 14.4 Å². The first-order valence-corrected chi connectivity index (χ1v) is 14.6. The topological polar surface area (TPSA) is 112 Å². The Morgan fingerprint density at radius 2 is 0.595 bits per heavy atom. The van der Waals surface area contributed by atoms with Crippen LogP contribution in [0.3, 0.4) is 0 Å². The predicted molar refractivity (Wildman–Crippen MR) is 151 cm³/mol. The van der Waals surface area contributed by atoms with Gasteiger partial charge in [0.15, 0.2) is 0 Å². The molecule has 0 rings (SSSR count). The minimum Gasteiger partial charge on any atom is -0.481 e. The normalized spacial score (nSPS) is 11.3. The summed E-state index contributed by atoms with van der Waals surface area (Å²) in [7, 11) is 0. The van der Waals surface area contributed by atoms with Gasteiger partial charge in [-0.15, -0.1) is 0 Å². The van der Waals surface area contributed by atoms with Crippen LogP contribution >= 0.6 is 0 Å². The number of carboxylic acid groups (broad SMARTS) is 3. The van der Waals surface area contributed by atoms with E-state index in [0.29, 0.717) is 0 Å². The second-order valence-corrected chi connectivity index (χ2v) is 10.2. The van der Waals surface area contributed by atoms with E-state index in [0.717, 1.165) is 96.3 Å². The zero-order chi connectivity index (χ0) is 28.8. The monoisotopic (exact) mass is 657 g/mol. The molecule has 0 aliphatic heterocycles. The van der Waals surface area contributed by atoms with Crippen LogP contribution in [-0.4, -0.2) is 33.2 Å². The number of hydrogen-bond acceptors (Lipinski definition) is 3. The first kappa shape index (κ1) is 43.8. The van der Waals surface area contributed by atoms with E-state index in [1.54, 1.807) is 0 Å². The fourth-order valence-corrected chi connectivity index (χ4v) is 4.58. The number of rotatable bonds is 18. The first-order valence-electron chi connectivity index (χ1n) is 14.6. The summed E-state index contributed by atoms with van der Waals surface area (Å²) in [5.41, 5.74) is -1.35. The molecule has 0 atom stereocenters. The quantitative estimate of drug-likeness (QED) is 0.136. The van der Waals surface area contributed by atoms with E-state index in [4.69, 9.17) is 15.3 Å². The molecule has 0 aliphatic carbocycles. The number of carbonyl (C=O) groups is 3. The molecule has 6 nitrogen and oxygen atoms in total. The number of hydrogen-bond donors (Lipinski definition) is 3. The fourth-order valence-electron chi connectivity index (χ4n) is 4.58. The zero-order valence-corrected chi connectivity index (χ0v) is 29.5. The maximum absolute atomic E-state index is 11.0. The number of unbranched alkanes of at least 4 members (excludes halogenated alkanes) is 3. The van der Waals surface area contributed by atoms with E-state index in [-0.39, 0.29) is 41.3 Å². The molecule has 0 aromatic heterocycles. The van der Waals surface area contributed by atoms with E-state index in [1.165, 1.54) is 0 Å². The molecule has 0 heterocycles. The Kier molecular flexibility index (Phi) is 29.4. The number of carboxylic acids is 3. The Morgan fingerprint density at radius 3 is 0.676 bits per heavy atom. The molecule has 0 amide bonds. The molecule has 0 fully saturated rings. The van der Waals surface area contributed by atoms with Crippen molar-refractivity contribution in [2.24, 2.45) is 16.2 Å². The molecule has 0 bridgehead atoms. The van der Waals surface area contributed by atoms with Gasteiger partial charge in [-0.25, -0.2) is 0 Å². The predicted octanol–water partition coefficient (Wildman–Crippen LogP) is 9.20. The summed E-state index contributed by atoms with van der Waals surface area (Å²) in [6.45, 7) is 18.1. The van der Waals surface area contributed by atoms with Gasteiger partial charge >= 0.3 is 17.9 Å². The minimum atomic E-state index is -0.624. The van der Waals surface area contributed by atoms with Crippen molar-refractivity contribution in [3.05, 3.63) is 0 Å². The van der Waals surface area contributed by atoms with Crippen LogP contribution < -0.4 is 0 Å². The first-order chi connectivity index (χ1) is 16.9. The van der Waals surface area contributed by atoms with Crippen molar-refractivity contribution < 1.29 is 71.0 Å². The molecule has 3 N–H and O–H groups in total. The molecule has 0 aliphatic rings. The van der Waals surface area contributed by atoms with Crippen molar-refractivity contribution in [3.63, 3.8) is 0 Å². The van der Waals surface area contributed by atoms with Crippen molar-refractivity contribution in [1.82, 2.24) is 0 Å². The van der Waals surface area contributed by atoms with Crippen LogP contribution in [0.2, 0.25) is 0 Å². The molecule has 37 heavy (non-hydrogen) atoms. The second-order valence-electron chi connectivity index (χ2n) is 10.2. The molecule has 7 heteroatoms. The molecular formula is C30H60O6Pr. The van der Waals surface area contributed by atoms with Crippen LogP contribution in [0, 0.1) is 57.5 Å². The minimum absolute atomic E-state index is 0. The molecule has 0 spiro atoms. The van der Waals surface area contributed by atoms with Gasteiger partial charge in [-0.2, -0.15) is 0 Å². The van der Waals surface area contributed by atoms with Gasteiger partial charge in [0.25, 0.3) is 0 Å². The second kappa shape index (κ2) is 24.8. The molecular weight excluding hydrogens is 597 g/mol. The van der Waals surface area contributed by atoms with E-state index in [9.17, 15) is 14.4 Å². The molecule has 1 radical (unpaired) electrons. The third kappa shape index (κ3) is 15.8. The Bertz CT molecular complexity index is 498. The summed E-state index contributed by atoms with van der Waals surface area (Å²) in [4.78, 5) is 33.0. The third-order valence-corrected chi connectivity index (χ3v) is 8.45. The summed E-state index contributed by atoms with van der Waals surface area (Å²) >= 11 is 0. The average molecular weight is 658 g/mol. The summed E-state index contributed by atoms with van der Waals surface area (Å²) in [6, 6.07) is 0. The van der Waals surface area contributed by atoms with Gasteiger partial charge in [0.2, 0.25) is 0 Å². The molecule has 0 aromatic rings. The SMILES string of the molecule is CCCCC(CC)(CC)C(=O)O.CCCCC(CC)(CC)C(=O)O.CCCCC(CC)(CC)C(=O)O.[Pr]. The average Bonchev–Trinajstić information content (AvgIpc) is 2.87. The van der Waals surface area contributed by atoms with Crippen LogP contribution in [0.5, 0.6) is 0 Å². The van der Waals surface area contributed by atoms with Gasteiger partial charge in [-0.05, 0) is 57.8 Å². The van der Waals surface area contributed by atoms with Gasteiger partial charge in [0.1, 0.15) is 0 Å². The van der Waals surface area contributed by atoms with Gasteiger partial charge in [-0.1, -0.05) is 101 Å². The van der Waals surface area contributed by atoms with E-state index >= 15 is 0 Å². The van der Waals surface area contributed by atoms with E-state index in [1.807, 2.05) is 41.5 Å². The van der Waals surface area contributed by atoms with Crippen molar-refractivity contribution in [2.75, 3.05) is 0 Å². The molecule has 0 unspecified atom stereocenters. The van der Waals surface area contributed by atoms with Crippen LogP contribution in [0.4, 0.5) is 0 Å². The maximum Gasteiger partial charge on any atom is 0.309 e. The van der Waals surface area contributed by atoms with Crippen molar-refractivity contribution in [1.29, 1.82) is 0 Å². The molecule has 0 aromatic carbocycles. The van der Waals surface area contributed by atoms with Gasteiger partial charge < -0.3 is 15.3 Å². The largest absolute Gasteiger partial charge is 0.481 e. The standard InChI is InChI=1S/3C10H20O2.Pr/c3*1-4-7-8-10(5-2,6-3)9(11)12;/h3*4-8H2,1-3H3,(H,11,12);. The Hall–Kier alpha value is -0.226. The van der Waals surface area contributed by atoms with Crippen molar-refractivity contribution in [3.8, 4) is 0 Å². The van der Waals surface area contributed by atoms with Gasteiger partial charge in [-0.3, -0.25) is 14.4 Å².